The fraction of sp³-hybridized carbons (Fsp3) is 0.370. The van der Waals surface area contributed by atoms with E-state index in [4.69, 9.17) is 9.72 Å². The van der Waals surface area contributed by atoms with Crippen molar-refractivity contribution in [3.8, 4) is 11.5 Å². The van der Waals surface area contributed by atoms with Gasteiger partial charge in [0.25, 0.3) is 5.56 Å². The van der Waals surface area contributed by atoms with E-state index in [-0.39, 0.29) is 11.2 Å². The molecule has 1 aliphatic rings. The number of para-hydroxylation sites is 1. The van der Waals surface area contributed by atoms with Crippen LogP contribution in [0.2, 0.25) is 0 Å². The quantitative estimate of drug-likeness (QED) is 0.365. The molecule has 0 saturated carbocycles. The Kier molecular flexibility index (Phi) is 6.19. The standard InChI is InChI=1S/C27H31N5O3/c1-4-5-9-16-30-25(33)23-24(29(3)27(30)34)28-26-31(17-19(2)18-32(23)26)20-12-14-22(15-13-20)35-21-10-7-6-8-11-21/h6-8,10-15,19H,4-5,9,16-18H2,1-3H3/t19-/m1/s1. The zero-order valence-electron chi connectivity index (χ0n) is 20.5. The van der Waals surface area contributed by atoms with Gasteiger partial charge < -0.3 is 14.2 Å². The Morgan fingerprint density at radius 3 is 2.40 bits per heavy atom. The molecule has 0 aliphatic carbocycles. The molecule has 0 amide bonds. The van der Waals surface area contributed by atoms with Crippen molar-refractivity contribution in [2.75, 3.05) is 11.4 Å². The Hall–Kier alpha value is -3.81. The fourth-order valence-electron chi connectivity index (χ4n) is 4.76. The Labute approximate surface area is 204 Å². The van der Waals surface area contributed by atoms with E-state index in [9.17, 15) is 9.59 Å². The van der Waals surface area contributed by atoms with E-state index >= 15 is 0 Å². The van der Waals surface area contributed by atoms with Crippen LogP contribution in [0.25, 0.3) is 11.2 Å². The van der Waals surface area contributed by atoms with E-state index in [1.165, 1.54) is 9.13 Å². The van der Waals surface area contributed by atoms with Gasteiger partial charge in [0.1, 0.15) is 11.5 Å². The number of benzene rings is 2. The molecular formula is C27H31N5O3. The lowest BCUT2D eigenvalue weighted by molar-refractivity contribution is 0.457. The van der Waals surface area contributed by atoms with Crippen LogP contribution in [-0.4, -0.2) is 25.2 Å². The lowest BCUT2D eigenvalue weighted by Gasteiger charge is -2.33. The molecule has 35 heavy (non-hydrogen) atoms. The van der Waals surface area contributed by atoms with Crippen molar-refractivity contribution in [1.29, 1.82) is 0 Å². The average molecular weight is 474 g/mol. The van der Waals surface area contributed by atoms with Gasteiger partial charge in [0.2, 0.25) is 5.95 Å². The molecule has 2 aromatic heterocycles. The van der Waals surface area contributed by atoms with E-state index in [1.807, 2.05) is 59.2 Å². The summed E-state index contributed by atoms with van der Waals surface area (Å²) in [7, 11) is 1.70. The number of hydrogen-bond acceptors (Lipinski definition) is 5. The molecule has 0 spiro atoms. The third kappa shape index (κ3) is 4.24. The van der Waals surface area contributed by atoms with Crippen LogP contribution in [0, 0.1) is 5.92 Å². The SMILES string of the molecule is CCCCCn1c(=O)c2c(nc3n2C[C@H](C)CN3c2ccc(Oc3ccccc3)cc2)n(C)c1=O. The third-order valence-corrected chi connectivity index (χ3v) is 6.55. The zero-order valence-corrected chi connectivity index (χ0v) is 20.5. The second-order valence-electron chi connectivity index (χ2n) is 9.32. The van der Waals surface area contributed by atoms with E-state index in [1.54, 1.807) is 7.05 Å². The number of fused-ring (bicyclic) bond motifs is 3. The summed E-state index contributed by atoms with van der Waals surface area (Å²) < 4.78 is 10.8. The molecule has 0 bridgehead atoms. The molecule has 0 unspecified atom stereocenters. The van der Waals surface area contributed by atoms with Gasteiger partial charge in [-0.25, -0.2) is 4.79 Å². The smallest absolute Gasteiger partial charge is 0.332 e. The highest BCUT2D eigenvalue weighted by Gasteiger charge is 2.29. The maximum Gasteiger partial charge on any atom is 0.332 e. The largest absolute Gasteiger partial charge is 0.457 e. The number of nitrogens with zero attached hydrogens (tertiary/aromatic N) is 5. The summed E-state index contributed by atoms with van der Waals surface area (Å²) >= 11 is 0. The van der Waals surface area contributed by atoms with Crippen molar-refractivity contribution < 1.29 is 4.74 Å². The number of ether oxygens (including phenoxy) is 1. The van der Waals surface area contributed by atoms with Crippen molar-refractivity contribution in [2.24, 2.45) is 13.0 Å². The molecule has 182 valence electrons. The summed E-state index contributed by atoms with van der Waals surface area (Å²) in [5.41, 5.74) is 1.33. The maximum absolute atomic E-state index is 13.5. The Morgan fingerprint density at radius 2 is 1.69 bits per heavy atom. The number of anilines is 2. The number of aromatic nitrogens is 4. The van der Waals surface area contributed by atoms with Crippen LogP contribution in [0.1, 0.15) is 33.1 Å². The first-order chi connectivity index (χ1) is 17.0. The maximum atomic E-state index is 13.5. The molecule has 8 heteroatoms. The summed E-state index contributed by atoms with van der Waals surface area (Å²) in [5.74, 6) is 2.51. The van der Waals surface area contributed by atoms with Crippen molar-refractivity contribution in [2.45, 2.75) is 46.2 Å². The van der Waals surface area contributed by atoms with Crippen molar-refractivity contribution in [3.63, 3.8) is 0 Å². The predicted molar refractivity (Wildman–Crippen MR) is 138 cm³/mol. The molecule has 3 heterocycles. The second-order valence-corrected chi connectivity index (χ2v) is 9.32. The predicted octanol–water partition coefficient (Wildman–Crippen LogP) is 4.67. The Morgan fingerprint density at radius 1 is 0.971 bits per heavy atom. The van der Waals surface area contributed by atoms with E-state index in [0.29, 0.717) is 36.1 Å². The Bertz CT molecular complexity index is 1450. The molecule has 4 aromatic rings. The molecule has 0 radical (unpaired) electrons. The van der Waals surface area contributed by atoms with Crippen LogP contribution in [0.3, 0.4) is 0 Å². The first kappa shape index (κ1) is 23.0. The molecule has 0 fully saturated rings. The number of imidazole rings is 1. The number of rotatable bonds is 7. The first-order valence-electron chi connectivity index (χ1n) is 12.3. The van der Waals surface area contributed by atoms with Crippen LogP contribution in [0.4, 0.5) is 11.6 Å². The van der Waals surface area contributed by atoms with Crippen molar-refractivity contribution >= 4 is 22.8 Å². The van der Waals surface area contributed by atoms with Crippen LogP contribution < -0.4 is 20.9 Å². The average Bonchev–Trinajstić information content (AvgIpc) is 3.25. The number of unbranched alkanes of at least 4 members (excludes halogenated alkanes) is 2. The van der Waals surface area contributed by atoms with Gasteiger partial charge in [0.05, 0.1) is 0 Å². The summed E-state index contributed by atoms with van der Waals surface area (Å²) in [6.45, 7) is 6.14. The summed E-state index contributed by atoms with van der Waals surface area (Å²) in [5, 5.41) is 0. The topological polar surface area (TPSA) is 74.3 Å². The van der Waals surface area contributed by atoms with Gasteiger partial charge in [-0.3, -0.25) is 13.9 Å². The van der Waals surface area contributed by atoms with Gasteiger partial charge in [-0.1, -0.05) is 44.9 Å². The molecule has 0 N–H and O–H groups in total. The van der Waals surface area contributed by atoms with E-state index < -0.39 is 0 Å². The molecule has 2 aromatic carbocycles. The van der Waals surface area contributed by atoms with Crippen LogP contribution in [0.15, 0.2) is 64.2 Å². The normalized spacial score (nSPS) is 15.4. The minimum Gasteiger partial charge on any atom is -0.457 e. The summed E-state index contributed by atoms with van der Waals surface area (Å²) in [6, 6.07) is 17.5. The van der Waals surface area contributed by atoms with Crippen LogP contribution >= 0.6 is 0 Å². The monoisotopic (exact) mass is 473 g/mol. The first-order valence-corrected chi connectivity index (χ1v) is 12.3. The molecule has 5 rings (SSSR count). The molecule has 1 atom stereocenters. The zero-order chi connectivity index (χ0) is 24.5. The fourth-order valence-corrected chi connectivity index (χ4v) is 4.76. The minimum absolute atomic E-state index is 0.251. The third-order valence-electron chi connectivity index (χ3n) is 6.55. The van der Waals surface area contributed by atoms with Gasteiger partial charge in [-0.2, -0.15) is 4.98 Å². The van der Waals surface area contributed by atoms with Gasteiger partial charge in [0, 0.05) is 32.4 Å². The number of aryl methyl sites for hydroxylation is 1. The summed E-state index contributed by atoms with van der Waals surface area (Å²) in [4.78, 5) is 33.3. The highest BCUT2D eigenvalue weighted by Crippen LogP contribution is 2.34. The van der Waals surface area contributed by atoms with E-state index in [0.717, 1.165) is 43.0 Å². The van der Waals surface area contributed by atoms with Crippen molar-refractivity contribution in [1.82, 2.24) is 18.7 Å². The number of hydrogen-bond donors (Lipinski definition) is 0. The van der Waals surface area contributed by atoms with Crippen LogP contribution in [-0.2, 0) is 20.1 Å². The minimum atomic E-state index is -0.309. The molecule has 1 aliphatic heterocycles. The van der Waals surface area contributed by atoms with Gasteiger partial charge in [0.15, 0.2) is 11.2 Å². The molecule has 0 saturated heterocycles. The lowest BCUT2D eigenvalue weighted by Crippen LogP contribution is -2.40. The van der Waals surface area contributed by atoms with Crippen LogP contribution in [0.5, 0.6) is 11.5 Å². The van der Waals surface area contributed by atoms with Gasteiger partial charge in [-0.05, 0) is 48.7 Å². The second kappa shape index (κ2) is 9.44. The van der Waals surface area contributed by atoms with Gasteiger partial charge >= 0.3 is 5.69 Å². The van der Waals surface area contributed by atoms with Gasteiger partial charge in [-0.15, -0.1) is 0 Å². The molecular weight excluding hydrogens is 442 g/mol. The summed E-state index contributed by atoms with van der Waals surface area (Å²) in [6.07, 6.45) is 2.81. The lowest BCUT2D eigenvalue weighted by atomic mass is 10.1. The molecule has 8 nitrogen and oxygen atoms in total. The highest BCUT2D eigenvalue weighted by atomic mass is 16.5. The van der Waals surface area contributed by atoms with E-state index in [2.05, 4.69) is 18.7 Å². The Balaban J connectivity index is 1.54. The van der Waals surface area contributed by atoms with Crippen molar-refractivity contribution in [3.05, 3.63) is 75.4 Å². The highest BCUT2D eigenvalue weighted by molar-refractivity contribution is 5.77.